The van der Waals surface area contributed by atoms with E-state index in [1.807, 2.05) is 20.8 Å². The van der Waals surface area contributed by atoms with Gasteiger partial charge in [-0.25, -0.2) is 9.97 Å². The third-order valence-electron chi connectivity index (χ3n) is 3.43. The van der Waals surface area contributed by atoms with Crippen molar-refractivity contribution in [3.05, 3.63) is 18.0 Å². The molecule has 0 aliphatic carbocycles. The Balaban J connectivity index is 2.10. The molecule has 0 bridgehead atoms. The summed E-state index contributed by atoms with van der Waals surface area (Å²) in [5.74, 6) is 1.28. The quantitative estimate of drug-likeness (QED) is 0.900. The van der Waals surface area contributed by atoms with Crippen LogP contribution in [-0.2, 0) is 0 Å². The van der Waals surface area contributed by atoms with E-state index < -0.39 is 0 Å². The van der Waals surface area contributed by atoms with Gasteiger partial charge in [0.05, 0.1) is 0 Å². The van der Waals surface area contributed by atoms with E-state index in [9.17, 15) is 4.79 Å². The van der Waals surface area contributed by atoms with Crippen molar-refractivity contribution in [3.63, 3.8) is 0 Å². The maximum Gasteiger partial charge on any atom is 0.270 e. The van der Waals surface area contributed by atoms with Gasteiger partial charge >= 0.3 is 0 Å². The second-order valence-corrected chi connectivity index (χ2v) is 6.62. The van der Waals surface area contributed by atoms with Crippen molar-refractivity contribution in [2.24, 2.45) is 5.92 Å². The van der Waals surface area contributed by atoms with E-state index in [0.717, 1.165) is 31.8 Å². The standard InChI is InChI=1S/C15H24N4O/c1-11-6-9-19(10-7-11)14-16-8-5-12(17-14)13(20)18-15(2,3)4/h5,8,11H,6-7,9-10H2,1-4H3,(H,18,20). The van der Waals surface area contributed by atoms with Crippen molar-refractivity contribution in [1.29, 1.82) is 0 Å². The van der Waals surface area contributed by atoms with Crippen molar-refractivity contribution >= 4 is 11.9 Å². The lowest BCUT2D eigenvalue weighted by Crippen LogP contribution is -2.41. The zero-order chi connectivity index (χ0) is 14.8. The van der Waals surface area contributed by atoms with Crippen LogP contribution >= 0.6 is 0 Å². The van der Waals surface area contributed by atoms with Gasteiger partial charge in [-0.3, -0.25) is 4.79 Å². The molecule has 20 heavy (non-hydrogen) atoms. The summed E-state index contributed by atoms with van der Waals surface area (Å²) in [6.07, 6.45) is 3.97. The molecule has 1 N–H and O–H groups in total. The zero-order valence-electron chi connectivity index (χ0n) is 12.8. The fourth-order valence-electron chi connectivity index (χ4n) is 2.24. The molecule has 1 aliphatic heterocycles. The summed E-state index contributed by atoms with van der Waals surface area (Å²) < 4.78 is 0. The molecule has 110 valence electrons. The van der Waals surface area contributed by atoms with Crippen molar-refractivity contribution in [1.82, 2.24) is 15.3 Å². The highest BCUT2D eigenvalue weighted by atomic mass is 16.2. The molecular weight excluding hydrogens is 252 g/mol. The highest BCUT2D eigenvalue weighted by Crippen LogP contribution is 2.19. The molecule has 0 radical (unpaired) electrons. The molecule has 2 rings (SSSR count). The van der Waals surface area contributed by atoms with Crippen LogP contribution in [-0.4, -0.2) is 34.5 Å². The maximum absolute atomic E-state index is 12.1. The first-order valence-electron chi connectivity index (χ1n) is 7.26. The van der Waals surface area contributed by atoms with Crippen molar-refractivity contribution in [3.8, 4) is 0 Å². The Kier molecular flexibility index (Phi) is 4.26. The third-order valence-corrected chi connectivity index (χ3v) is 3.43. The molecule has 0 saturated carbocycles. The predicted octanol–water partition coefficient (Wildman–Crippen LogP) is 2.24. The molecule has 1 fully saturated rings. The predicted molar refractivity (Wildman–Crippen MR) is 79.9 cm³/mol. The highest BCUT2D eigenvalue weighted by molar-refractivity contribution is 5.92. The van der Waals surface area contributed by atoms with Crippen LogP contribution in [0.4, 0.5) is 5.95 Å². The molecule has 5 nitrogen and oxygen atoms in total. The molecule has 1 aromatic heterocycles. The largest absolute Gasteiger partial charge is 0.346 e. The number of anilines is 1. The lowest BCUT2D eigenvalue weighted by atomic mass is 10.00. The summed E-state index contributed by atoms with van der Waals surface area (Å²) in [4.78, 5) is 23.0. The second-order valence-electron chi connectivity index (χ2n) is 6.62. The molecular formula is C15H24N4O. The Labute approximate surface area is 120 Å². The van der Waals surface area contributed by atoms with Crippen LogP contribution in [0, 0.1) is 5.92 Å². The van der Waals surface area contributed by atoms with Gasteiger partial charge in [0.1, 0.15) is 5.69 Å². The Morgan fingerprint density at radius 3 is 2.60 bits per heavy atom. The van der Waals surface area contributed by atoms with E-state index >= 15 is 0 Å². The van der Waals surface area contributed by atoms with Crippen molar-refractivity contribution in [2.75, 3.05) is 18.0 Å². The molecule has 1 saturated heterocycles. The Bertz CT molecular complexity index is 473. The molecule has 1 aromatic rings. The lowest BCUT2D eigenvalue weighted by molar-refractivity contribution is 0.0914. The number of aromatic nitrogens is 2. The topological polar surface area (TPSA) is 58.1 Å². The molecule has 0 aromatic carbocycles. The van der Waals surface area contributed by atoms with Crippen LogP contribution in [0.25, 0.3) is 0 Å². The summed E-state index contributed by atoms with van der Waals surface area (Å²) in [5.41, 5.74) is 0.173. The number of amides is 1. The van der Waals surface area contributed by atoms with Gasteiger partial charge in [-0.1, -0.05) is 6.92 Å². The van der Waals surface area contributed by atoms with E-state index in [1.165, 1.54) is 0 Å². The van der Waals surface area contributed by atoms with Gasteiger partial charge in [0.15, 0.2) is 0 Å². The number of nitrogens with zero attached hydrogens (tertiary/aromatic N) is 3. The Morgan fingerprint density at radius 1 is 1.35 bits per heavy atom. The molecule has 1 amide bonds. The molecule has 1 aliphatic rings. The average Bonchev–Trinajstić information content (AvgIpc) is 2.38. The first kappa shape index (κ1) is 14.8. The number of hydrogen-bond donors (Lipinski definition) is 1. The average molecular weight is 276 g/mol. The van der Waals surface area contributed by atoms with Gasteiger partial charge in [0.2, 0.25) is 5.95 Å². The van der Waals surface area contributed by atoms with Gasteiger partial charge in [-0.05, 0) is 45.6 Å². The van der Waals surface area contributed by atoms with Gasteiger partial charge in [0.25, 0.3) is 5.91 Å². The highest BCUT2D eigenvalue weighted by Gasteiger charge is 2.20. The van der Waals surface area contributed by atoms with Crippen LogP contribution in [0.1, 0.15) is 51.0 Å². The normalized spacial score (nSPS) is 17.1. The van der Waals surface area contributed by atoms with Gasteiger partial charge in [-0.2, -0.15) is 0 Å². The minimum absolute atomic E-state index is 0.147. The van der Waals surface area contributed by atoms with Crippen LogP contribution in [0.15, 0.2) is 12.3 Å². The summed E-state index contributed by atoms with van der Waals surface area (Å²) in [5, 5.41) is 2.92. The Morgan fingerprint density at radius 2 is 2.00 bits per heavy atom. The molecule has 5 heteroatoms. The van der Waals surface area contributed by atoms with E-state index in [-0.39, 0.29) is 11.4 Å². The smallest absolute Gasteiger partial charge is 0.270 e. The van der Waals surface area contributed by atoms with E-state index in [0.29, 0.717) is 11.6 Å². The van der Waals surface area contributed by atoms with E-state index in [4.69, 9.17) is 0 Å². The van der Waals surface area contributed by atoms with Crippen LogP contribution < -0.4 is 10.2 Å². The number of hydrogen-bond acceptors (Lipinski definition) is 4. The number of piperidine rings is 1. The third kappa shape index (κ3) is 3.92. The van der Waals surface area contributed by atoms with Crippen LogP contribution in [0.3, 0.4) is 0 Å². The van der Waals surface area contributed by atoms with Crippen LogP contribution in [0.2, 0.25) is 0 Å². The summed E-state index contributed by atoms with van der Waals surface area (Å²) >= 11 is 0. The van der Waals surface area contributed by atoms with Gasteiger partial charge < -0.3 is 10.2 Å². The van der Waals surface area contributed by atoms with E-state index in [2.05, 4.69) is 27.1 Å². The van der Waals surface area contributed by atoms with Crippen molar-refractivity contribution in [2.45, 2.75) is 46.1 Å². The fourth-order valence-corrected chi connectivity index (χ4v) is 2.24. The zero-order valence-corrected chi connectivity index (χ0v) is 12.8. The molecule has 0 unspecified atom stereocenters. The number of carbonyl (C=O) groups is 1. The SMILES string of the molecule is CC1CCN(c2nccc(C(=O)NC(C)(C)C)n2)CC1. The molecule has 0 spiro atoms. The minimum Gasteiger partial charge on any atom is -0.346 e. The number of nitrogens with one attached hydrogen (secondary N) is 1. The number of carbonyl (C=O) groups excluding carboxylic acids is 1. The van der Waals surface area contributed by atoms with Gasteiger partial charge in [-0.15, -0.1) is 0 Å². The Hall–Kier alpha value is -1.65. The summed E-state index contributed by atoms with van der Waals surface area (Å²) in [6, 6.07) is 1.66. The number of rotatable bonds is 2. The molecule has 0 atom stereocenters. The summed E-state index contributed by atoms with van der Waals surface area (Å²) in [7, 11) is 0. The first-order chi connectivity index (χ1) is 9.35. The first-order valence-corrected chi connectivity index (χ1v) is 7.26. The molecule has 2 heterocycles. The summed E-state index contributed by atoms with van der Waals surface area (Å²) in [6.45, 7) is 10.1. The maximum atomic E-state index is 12.1. The van der Waals surface area contributed by atoms with Gasteiger partial charge in [0, 0.05) is 24.8 Å². The van der Waals surface area contributed by atoms with Crippen molar-refractivity contribution < 1.29 is 4.79 Å². The second kappa shape index (κ2) is 5.77. The monoisotopic (exact) mass is 276 g/mol. The fraction of sp³-hybridized carbons (Fsp3) is 0.667. The minimum atomic E-state index is -0.261. The van der Waals surface area contributed by atoms with Crippen LogP contribution in [0.5, 0.6) is 0 Å². The lowest BCUT2D eigenvalue weighted by Gasteiger charge is -2.30. The van der Waals surface area contributed by atoms with E-state index in [1.54, 1.807) is 12.3 Å².